The third-order valence-corrected chi connectivity index (χ3v) is 3.92. The van der Waals surface area contributed by atoms with Gasteiger partial charge in [-0.2, -0.15) is 5.10 Å². The maximum absolute atomic E-state index is 12.0. The van der Waals surface area contributed by atoms with Crippen molar-refractivity contribution in [3.63, 3.8) is 0 Å². The highest BCUT2D eigenvalue weighted by atomic mass is 16.5. The molecular weight excluding hydrogens is 316 g/mol. The quantitative estimate of drug-likeness (QED) is 0.618. The van der Waals surface area contributed by atoms with Gasteiger partial charge in [0.05, 0.1) is 12.8 Å². The van der Waals surface area contributed by atoms with Crippen LogP contribution < -0.4 is 14.9 Å². The summed E-state index contributed by atoms with van der Waals surface area (Å²) in [6.07, 6.45) is 0.699. The van der Waals surface area contributed by atoms with Gasteiger partial charge in [-0.3, -0.25) is 4.79 Å². The molecule has 5 heteroatoms. The van der Waals surface area contributed by atoms with Gasteiger partial charge in [-0.15, -0.1) is 0 Å². The van der Waals surface area contributed by atoms with Gasteiger partial charge in [0, 0.05) is 0 Å². The van der Waals surface area contributed by atoms with Crippen LogP contribution >= 0.6 is 0 Å². The smallest absolute Gasteiger partial charge is 0.277 e. The molecule has 0 fully saturated rings. The lowest BCUT2D eigenvalue weighted by Crippen LogP contribution is -2.26. The molecule has 0 unspecified atom stereocenters. The van der Waals surface area contributed by atoms with Crippen LogP contribution in [0.3, 0.4) is 0 Å². The predicted octanol–water partition coefficient (Wildman–Crippen LogP) is 3.62. The van der Waals surface area contributed by atoms with Crippen molar-refractivity contribution in [3.05, 3.63) is 59.2 Å². The van der Waals surface area contributed by atoms with Gasteiger partial charge in [0.25, 0.3) is 5.91 Å². The standard InChI is InChI=1S/C20H24N2O3/c1-5-19(16-7-10-17(24-4)11-8-16)21-22-20(23)13-25-18-9-6-14(2)15(3)12-18/h6-12H,5,13H2,1-4H3,(H,22,23)/b21-19-. The number of hydrazone groups is 1. The van der Waals surface area contributed by atoms with Gasteiger partial charge in [0.15, 0.2) is 6.61 Å². The number of hydrogen-bond acceptors (Lipinski definition) is 4. The fourth-order valence-corrected chi connectivity index (χ4v) is 2.25. The Hall–Kier alpha value is -2.82. The van der Waals surface area contributed by atoms with Crippen LogP contribution in [0.15, 0.2) is 47.6 Å². The highest BCUT2D eigenvalue weighted by molar-refractivity contribution is 6.01. The van der Waals surface area contributed by atoms with E-state index in [0.29, 0.717) is 12.2 Å². The lowest BCUT2D eigenvalue weighted by atomic mass is 10.1. The molecule has 0 radical (unpaired) electrons. The first kappa shape index (κ1) is 18.5. The number of methoxy groups -OCH3 is 1. The normalized spacial score (nSPS) is 11.1. The molecule has 0 aliphatic carbocycles. The molecular formula is C20H24N2O3. The SMILES string of the molecule is CC/C(=N/NC(=O)COc1ccc(C)c(C)c1)c1ccc(OC)cc1. The summed E-state index contributed by atoms with van der Waals surface area (Å²) < 4.78 is 10.7. The first-order valence-electron chi connectivity index (χ1n) is 8.23. The van der Waals surface area contributed by atoms with Gasteiger partial charge >= 0.3 is 0 Å². The second-order valence-electron chi connectivity index (χ2n) is 5.71. The number of nitrogens with zero attached hydrogens (tertiary/aromatic N) is 1. The van der Waals surface area contributed by atoms with Crippen LogP contribution in [0, 0.1) is 13.8 Å². The highest BCUT2D eigenvalue weighted by Gasteiger charge is 2.06. The van der Waals surface area contributed by atoms with E-state index in [1.165, 1.54) is 5.56 Å². The number of carbonyl (C=O) groups excluding carboxylic acids is 1. The number of benzene rings is 2. The van der Waals surface area contributed by atoms with Crippen molar-refractivity contribution < 1.29 is 14.3 Å². The Morgan fingerprint density at radius 1 is 1.04 bits per heavy atom. The molecule has 2 aromatic rings. The third-order valence-electron chi connectivity index (χ3n) is 3.92. The predicted molar refractivity (Wildman–Crippen MR) is 99.4 cm³/mol. The average molecular weight is 340 g/mol. The molecule has 1 N–H and O–H groups in total. The number of nitrogens with one attached hydrogen (secondary N) is 1. The number of hydrogen-bond donors (Lipinski definition) is 1. The van der Waals surface area contributed by atoms with E-state index in [0.717, 1.165) is 22.6 Å². The molecule has 0 bridgehead atoms. The highest BCUT2D eigenvalue weighted by Crippen LogP contribution is 2.16. The third kappa shape index (κ3) is 5.35. The molecule has 0 aliphatic heterocycles. The molecule has 2 rings (SSSR count). The van der Waals surface area contributed by atoms with Gasteiger partial charge in [-0.25, -0.2) is 5.43 Å². The lowest BCUT2D eigenvalue weighted by Gasteiger charge is -2.09. The van der Waals surface area contributed by atoms with Gasteiger partial charge in [0.1, 0.15) is 11.5 Å². The second kappa shape index (κ2) is 8.87. The fourth-order valence-electron chi connectivity index (χ4n) is 2.25. The second-order valence-corrected chi connectivity index (χ2v) is 5.71. The summed E-state index contributed by atoms with van der Waals surface area (Å²) in [7, 11) is 1.62. The van der Waals surface area contributed by atoms with Crippen molar-refractivity contribution in [1.82, 2.24) is 5.43 Å². The van der Waals surface area contributed by atoms with Crippen molar-refractivity contribution in [2.75, 3.05) is 13.7 Å². The minimum Gasteiger partial charge on any atom is -0.497 e. The zero-order valence-corrected chi connectivity index (χ0v) is 15.1. The van der Waals surface area contributed by atoms with Crippen molar-refractivity contribution >= 4 is 11.6 Å². The van der Waals surface area contributed by atoms with Crippen LogP contribution in [-0.4, -0.2) is 25.3 Å². The summed E-state index contributed by atoms with van der Waals surface area (Å²) in [6, 6.07) is 13.3. The van der Waals surface area contributed by atoms with Crippen molar-refractivity contribution in [2.24, 2.45) is 5.10 Å². The van der Waals surface area contributed by atoms with Gasteiger partial charge in [-0.1, -0.05) is 13.0 Å². The van der Waals surface area contributed by atoms with E-state index in [1.54, 1.807) is 7.11 Å². The monoisotopic (exact) mass is 340 g/mol. The Labute approximate surface area is 148 Å². The molecule has 0 saturated carbocycles. The van der Waals surface area contributed by atoms with Crippen LogP contribution in [0.2, 0.25) is 0 Å². The van der Waals surface area contributed by atoms with Gasteiger partial charge < -0.3 is 9.47 Å². The zero-order valence-electron chi connectivity index (χ0n) is 15.1. The summed E-state index contributed by atoms with van der Waals surface area (Å²) in [4.78, 5) is 12.0. The van der Waals surface area contributed by atoms with Crippen molar-refractivity contribution in [2.45, 2.75) is 27.2 Å². The maximum Gasteiger partial charge on any atom is 0.277 e. The zero-order chi connectivity index (χ0) is 18.2. The molecule has 0 heterocycles. The summed E-state index contributed by atoms with van der Waals surface area (Å²) in [6.45, 7) is 5.95. The molecule has 25 heavy (non-hydrogen) atoms. The minimum absolute atomic E-state index is 0.0778. The van der Waals surface area contributed by atoms with E-state index in [1.807, 2.05) is 63.2 Å². The van der Waals surface area contributed by atoms with E-state index in [4.69, 9.17) is 9.47 Å². The molecule has 0 aromatic heterocycles. The summed E-state index contributed by atoms with van der Waals surface area (Å²) in [5, 5.41) is 4.21. The molecule has 0 atom stereocenters. The Morgan fingerprint density at radius 2 is 1.72 bits per heavy atom. The van der Waals surface area contributed by atoms with Crippen LogP contribution in [0.1, 0.15) is 30.0 Å². The average Bonchev–Trinajstić information content (AvgIpc) is 2.63. The number of rotatable bonds is 7. The molecule has 132 valence electrons. The van der Waals surface area contributed by atoms with Gasteiger partial charge in [-0.05, 0) is 73.4 Å². The molecule has 1 amide bonds. The van der Waals surface area contributed by atoms with E-state index >= 15 is 0 Å². The topological polar surface area (TPSA) is 59.9 Å². The van der Waals surface area contributed by atoms with Crippen LogP contribution in [0.25, 0.3) is 0 Å². The summed E-state index contributed by atoms with van der Waals surface area (Å²) in [5.41, 5.74) is 6.60. The molecule has 5 nitrogen and oxygen atoms in total. The van der Waals surface area contributed by atoms with Gasteiger partial charge in [0.2, 0.25) is 0 Å². The molecule has 2 aromatic carbocycles. The number of carbonyl (C=O) groups is 1. The van der Waals surface area contributed by atoms with Crippen LogP contribution in [0.5, 0.6) is 11.5 Å². The van der Waals surface area contributed by atoms with Crippen molar-refractivity contribution in [1.29, 1.82) is 0 Å². The Balaban J connectivity index is 1.93. The molecule has 0 saturated heterocycles. The Bertz CT molecular complexity index is 752. The maximum atomic E-state index is 12.0. The van der Waals surface area contributed by atoms with Crippen LogP contribution in [0.4, 0.5) is 0 Å². The number of ether oxygens (including phenoxy) is 2. The first-order valence-corrected chi connectivity index (χ1v) is 8.23. The minimum atomic E-state index is -0.294. The van der Waals surface area contributed by atoms with E-state index in [-0.39, 0.29) is 12.5 Å². The van der Waals surface area contributed by atoms with E-state index in [9.17, 15) is 4.79 Å². The fraction of sp³-hybridized carbons (Fsp3) is 0.300. The Morgan fingerprint density at radius 3 is 2.32 bits per heavy atom. The van der Waals surface area contributed by atoms with E-state index in [2.05, 4.69) is 10.5 Å². The molecule has 0 aliphatic rings. The Kier molecular flexibility index (Phi) is 6.57. The number of amides is 1. The summed E-state index contributed by atoms with van der Waals surface area (Å²) >= 11 is 0. The lowest BCUT2D eigenvalue weighted by molar-refractivity contribution is -0.123. The van der Waals surface area contributed by atoms with Crippen LogP contribution in [-0.2, 0) is 4.79 Å². The molecule has 0 spiro atoms. The first-order chi connectivity index (χ1) is 12.0. The summed E-state index contributed by atoms with van der Waals surface area (Å²) in [5.74, 6) is 1.16. The number of aryl methyl sites for hydroxylation is 2. The van der Waals surface area contributed by atoms with E-state index < -0.39 is 0 Å². The largest absolute Gasteiger partial charge is 0.497 e. The van der Waals surface area contributed by atoms with Crippen molar-refractivity contribution in [3.8, 4) is 11.5 Å².